The second kappa shape index (κ2) is 6.92. The topological polar surface area (TPSA) is 24.9 Å². The van der Waals surface area contributed by atoms with Crippen molar-refractivity contribution in [3.63, 3.8) is 0 Å². The lowest BCUT2D eigenvalue weighted by Crippen LogP contribution is -2.11. The summed E-state index contributed by atoms with van der Waals surface area (Å²) < 4.78 is 0. The second-order valence-corrected chi connectivity index (χ2v) is 7.58. The van der Waals surface area contributed by atoms with Gasteiger partial charge in [0.2, 0.25) is 0 Å². The first-order valence-corrected chi connectivity index (χ1v) is 8.94. The van der Waals surface area contributed by atoms with Gasteiger partial charge in [0.25, 0.3) is 0 Å². The number of nitrogens with one attached hydrogen (secondary N) is 1. The number of aromatic nitrogens is 1. The van der Waals surface area contributed by atoms with Crippen molar-refractivity contribution in [3.05, 3.63) is 15.6 Å². The summed E-state index contributed by atoms with van der Waals surface area (Å²) in [6.07, 6.45) is 2.70. The predicted octanol–water partition coefficient (Wildman–Crippen LogP) is 4.02. The minimum Gasteiger partial charge on any atom is -0.312 e. The Morgan fingerprint density at radius 1 is 1.44 bits per heavy atom. The van der Waals surface area contributed by atoms with Crippen LogP contribution in [0.4, 0.5) is 0 Å². The van der Waals surface area contributed by atoms with Crippen LogP contribution in [0.25, 0.3) is 0 Å². The lowest BCUT2D eigenvalue weighted by Gasteiger charge is -2.01. The van der Waals surface area contributed by atoms with Crippen LogP contribution in [0.1, 0.15) is 55.1 Å². The van der Waals surface area contributed by atoms with Crippen molar-refractivity contribution in [1.82, 2.24) is 10.3 Å². The number of rotatable bonds is 8. The Balaban J connectivity index is 1.93. The Hall–Kier alpha value is -0.0600. The molecule has 1 aliphatic carbocycles. The van der Waals surface area contributed by atoms with Gasteiger partial charge < -0.3 is 5.32 Å². The van der Waals surface area contributed by atoms with E-state index in [0.29, 0.717) is 0 Å². The molecule has 1 aliphatic rings. The van der Waals surface area contributed by atoms with Crippen LogP contribution in [0.3, 0.4) is 0 Å². The molecule has 0 spiro atoms. The summed E-state index contributed by atoms with van der Waals surface area (Å²) in [6, 6.07) is 0. The number of thiazole rings is 1. The van der Waals surface area contributed by atoms with E-state index in [1.165, 1.54) is 34.2 Å². The van der Waals surface area contributed by atoms with Gasteiger partial charge in [-0.15, -0.1) is 11.3 Å². The summed E-state index contributed by atoms with van der Waals surface area (Å²) in [4.78, 5) is 6.37. The van der Waals surface area contributed by atoms with Crippen LogP contribution in [-0.4, -0.2) is 17.3 Å². The van der Waals surface area contributed by atoms with Crippen LogP contribution in [-0.2, 0) is 12.3 Å². The summed E-state index contributed by atoms with van der Waals surface area (Å²) >= 11 is 3.94. The Labute approximate surface area is 119 Å². The molecule has 1 aromatic rings. The molecule has 0 atom stereocenters. The van der Waals surface area contributed by atoms with Crippen molar-refractivity contribution in [2.24, 2.45) is 5.92 Å². The van der Waals surface area contributed by atoms with E-state index >= 15 is 0 Å². The van der Waals surface area contributed by atoms with Gasteiger partial charge in [-0.2, -0.15) is 11.8 Å². The standard InChI is InChI=1S/C14H24N2S2/c1-4-15-7-12-14(11-5-6-11)16-13(18-12)9-17-8-10(2)3/h10-11,15H,4-9H2,1-3H3. The molecule has 0 aliphatic heterocycles. The van der Waals surface area contributed by atoms with Crippen molar-refractivity contribution < 1.29 is 0 Å². The molecule has 1 heterocycles. The number of hydrogen-bond acceptors (Lipinski definition) is 4. The largest absolute Gasteiger partial charge is 0.312 e. The summed E-state index contributed by atoms with van der Waals surface area (Å²) in [5.41, 5.74) is 1.40. The fourth-order valence-electron chi connectivity index (χ4n) is 1.90. The zero-order valence-corrected chi connectivity index (χ0v) is 13.3. The van der Waals surface area contributed by atoms with Crippen molar-refractivity contribution in [2.75, 3.05) is 12.3 Å². The molecule has 1 fully saturated rings. The molecule has 0 aromatic carbocycles. The van der Waals surface area contributed by atoms with E-state index < -0.39 is 0 Å². The van der Waals surface area contributed by atoms with Gasteiger partial charge in [0.1, 0.15) is 5.01 Å². The molecule has 1 saturated carbocycles. The molecular formula is C14H24N2S2. The third-order valence-corrected chi connectivity index (χ3v) is 5.58. The van der Waals surface area contributed by atoms with Gasteiger partial charge in [-0.1, -0.05) is 20.8 Å². The van der Waals surface area contributed by atoms with Crippen LogP contribution in [0.15, 0.2) is 0 Å². The normalized spacial score (nSPS) is 15.6. The Bertz CT molecular complexity index is 370. The molecule has 102 valence electrons. The first kappa shape index (κ1) is 14.4. The average Bonchev–Trinajstić information content (AvgIpc) is 3.09. The third kappa shape index (κ3) is 4.25. The van der Waals surface area contributed by atoms with E-state index in [1.807, 2.05) is 23.1 Å². The molecule has 0 unspecified atom stereocenters. The monoisotopic (exact) mass is 284 g/mol. The second-order valence-electron chi connectivity index (χ2n) is 5.38. The van der Waals surface area contributed by atoms with E-state index in [2.05, 4.69) is 26.1 Å². The quantitative estimate of drug-likeness (QED) is 0.780. The molecule has 0 amide bonds. The zero-order chi connectivity index (χ0) is 13.0. The van der Waals surface area contributed by atoms with E-state index in [-0.39, 0.29) is 0 Å². The summed E-state index contributed by atoms with van der Waals surface area (Å²) in [5.74, 6) is 3.88. The molecule has 4 heteroatoms. The molecule has 0 radical (unpaired) electrons. The molecule has 1 aromatic heterocycles. The van der Waals surface area contributed by atoms with Crippen molar-refractivity contribution >= 4 is 23.1 Å². The smallest absolute Gasteiger partial charge is 0.103 e. The molecule has 0 saturated heterocycles. The molecule has 0 bridgehead atoms. The highest BCUT2D eigenvalue weighted by Crippen LogP contribution is 2.43. The maximum Gasteiger partial charge on any atom is 0.103 e. The van der Waals surface area contributed by atoms with Gasteiger partial charge in [0, 0.05) is 23.1 Å². The Morgan fingerprint density at radius 2 is 2.22 bits per heavy atom. The van der Waals surface area contributed by atoms with Gasteiger partial charge in [-0.05, 0) is 31.1 Å². The fourth-order valence-corrected chi connectivity index (χ4v) is 4.13. The van der Waals surface area contributed by atoms with Gasteiger partial charge in [-0.25, -0.2) is 4.98 Å². The number of hydrogen-bond donors (Lipinski definition) is 1. The van der Waals surface area contributed by atoms with Crippen molar-refractivity contribution in [2.45, 2.75) is 51.8 Å². The zero-order valence-electron chi connectivity index (χ0n) is 11.7. The predicted molar refractivity (Wildman–Crippen MR) is 82.5 cm³/mol. The maximum atomic E-state index is 4.88. The lowest BCUT2D eigenvalue weighted by atomic mass is 10.2. The van der Waals surface area contributed by atoms with E-state index in [4.69, 9.17) is 4.98 Å². The summed E-state index contributed by atoms with van der Waals surface area (Å²) in [7, 11) is 0. The van der Waals surface area contributed by atoms with Gasteiger partial charge in [0.05, 0.1) is 5.69 Å². The maximum absolute atomic E-state index is 4.88. The molecule has 1 N–H and O–H groups in total. The van der Waals surface area contributed by atoms with Gasteiger partial charge in [0.15, 0.2) is 0 Å². The minimum absolute atomic E-state index is 0.777. The van der Waals surface area contributed by atoms with Crippen LogP contribution in [0.5, 0.6) is 0 Å². The Kier molecular flexibility index (Phi) is 5.52. The molecule has 2 nitrogen and oxygen atoms in total. The highest BCUT2D eigenvalue weighted by atomic mass is 32.2. The van der Waals surface area contributed by atoms with Gasteiger partial charge >= 0.3 is 0 Å². The lowest BCUT2D eigenvalue weighted by molar-refractivity contribution is 0.726. The van der Waals surface area contributed by atoms with Crippen LogP contribution in [0.2, 0.25) is 0 Å². The van der Waals surface area contributed by atoms with E-state index in [9.17, 15) is 0 Å². The highest BCUT2D eigenvalue weighted by Gasteiger charge is 2.29. The van der Waals surface area contributed by atoms with Crippen LogP contribution in [0, 0.1) is 5.92 Å². The molecule has 18 heavy (non-hydrogen) atoms. The first-order chi connectivity index (χ1) is 8.70. The van der Waals surface area contributed by atoms with Crippen LogP contribution < -0.4 is 5.32 Å². The van der Waals surface area contributed by atoms with E-state index in [0.717, 1.165) is 30.7 Å². The Morgan fingerprint density at radius 3 is 2.83 bits per heavy atom. The fraction of sp³-hybridized carbons (Fsp3) is 0.786. The van der Waals surface area contributed by atoms with Crippen molar-refractivity contribution in [3.8, 4) is 0 Å². The summed E-state index contributed by atoms with van der Waals surface area (Å²) in [6.45, 7) is 8.77. The molecular weight excluding hydrogens is 260 g/mol. The van der Waals surface area contributed by atoms with E-state index in [1.54, 1.807) is 0 Å². The highest BCUT2D eigenvalue weighted by molar-refractivity contribution is 7.98. The third-order valence-electron chi connectivity index (χ3n) is 2.95. The molecule has 2 rings (SSSR count). The van der Waals surface area contributed by atoms with Gasteiger partial charge in [-0.3, -0.25) is 0 Å². The van der Waals surface area contributed by atoms with Crippen molar-refractivity contribution in [1.29, 1.82) is 0 Å². The van der Waals surface area contributed by atoms with Crippen LogP contribution >= 0.6 is 23.1 Å². The number of nitrogens with zero attached hydrogens (tertiary/aromatic N) is 1. The summed E-state index contributed by atoms with van der Waals surface area (Å²) in [5, 5.41) is 4.77. The number of thioether (sulfide) groups is 1. The SMILES string of the molecule is CCNCc1sc(CSCC(C)C)nc1C1CC1. The minimum atomic E-state index is 0.777. The first-order valence-electron chi connectivity index (χ1n) is 6.97. The average molecular weight is 284 g/mol.